The third kappa shape index (κ3) is 3.19. The minimum Gasteiger partial charge on any atom is -0.348 e. The van der Waals surface area contributed by atoms with Crippen LogP contribution in [-0.4, -0.2) is 18.1 Å². The van der Waals surface area contributed by atoms with Crippen LogP contribution in [0.15, 0.2) is 0 Å². The molecule has 2 unspecified atom stereocenters. The Balaban J connectivity index is 2.98. The first-order valence-corrected chi connectivity index (χ1v) is 6.92. The molecule has 1 heterocycles. The molecule has 0 saturated heterocycles. The summed E-state index contributed by atoms with van der Waals surface area (Å²) in [6, 6.07) is 0.508. The van der Waals surface area contributed by atoms with Gasteiger partial charge in [-0.2, -0.15) is 0 Å². The molecule has 1 rings (SSSR count). The van der Waals surface area contributed by atoms with Gasteiger partial charge in [-0.25, -0.2) is 4.98 Å². The summed E-state index contributed by atoms with van der Waals surface area (Å²) in [5.41, 5.74) is 7.24. The number of nitrogens with two attached hydrogens (primary N) is 1. The van der Waals surface area contributed by atoms with Crippen molar-refractivity contribution < 1.29 is 0 Å². The van der Waals surface area contributed by atoms with Crippen molar-refractivity contribution in [2.45, 2.75) is 53.6 Å². The molecule has 1 aromatic heterocycles. The lowest BCUT2D eigenvalue weighted by atomic mass is 9.87. The van der Waals surface area contributed by atoms with Gasteiger partial charge in [0.2, 0.25) is 0 Å². The Morgan fingerprint density at radius 3 is 2.18 bits per heavy atom. The Morgan fingerprint density at radius 2 is 1.82 bits per heavy atom. The average molecular weight is 255 g/mol. The highest BCUT2D eigenvalue weighted by Gasteiger charge is 2.26. The van der Waals surface area contributed by atoms with Gasteiger partial charge in [0, 0.05) is 24.0 Å². The number of thiazole rings is 1. The molecule has 2 atom stereocenters. The predicted octanol–water partition coefficient (Wildman–Crippen LogP) is 3.34. The second-order valence-corrected chi connectivity index (χ2v) is 6.90. The molecule has 0 aromatic carbocycles. The van der Waals surface area contributed by atoms with Crippen LogP contribution in [0.3, 0.4) is 0 Å². The molecule has 98 valence electrons. The van der Waals surface area contributed by atoms with Crippen molar-refractivity contribution in [3.8, 4) is 0 Å². The zero-order valence-corrected chi connectivity index (χ0v) is 12.9. The largest absolute Gasteiger partial charge is 0.348 e. The average Bonchev–Trinajstić information content (AvgIpc) is 2.56. The zero-order valence-electron chi connectivity index (χ0n) is 12.0. The van der Waals surface area contributed by atoms with Gasteiger partial charge in [0.05, 0.1) is 5.69 Å². The van der Waals surface area contributed by atoms with Crippen LogP contribution in [0.4, 0.5) is 5.13 Å². The van der Waals surface area contributed by atoms with Crippen molar-refractivity contribution in [3.05, 3.63) is 10.6 Å². The van der Waals surface area contributed by atoms with E-state index in [2.05, 4.69) is 44.6 Å². The maximum Gasteiger partial charge on any atom is 0.185 e. The van der Waals surface area contributed by atoms with E-state index >= 15 is 0 Å². The molecule has 0 fully saturated rings. The summed E-state index contributed by atoms with van der Waals surface area (Å²) in [5.74, 6) is 0. The minimum atomic E-state index is 0.0691. The highest BCUT2D eigenvalue weighted by molar-refractivity contribution is 7.15. The van der Waals surface area contributed by atoms with Crippen LogP contribution in [0, 0.1) is 12.3 Å². The van der Waals surface area contributed by atoms with E-state index in [-0.39, 0.29) is 11.5 Å². The fourth-order valence-electron chi connectivity index (χ4n) is 1.71. The molecule has 4 heteroatoms. The summed E-state index contributed by atoms with van der Waals surface area (Å²) in [5, 5.41) is 1.07. The Bertz CT molecular complexity index is 377. The smallest absolute Gasteiger partial charge is 0.185 e. The molecule has 1 aromatic rings. The third-order valence-corrected chi connectivity index (χ3v) is 4.82. The predicted molar refractivity (Wildman–Crippen MR) is 76.8 cm³/mol. The number of hydrogen-bond donors (Lipinski definition) is 1. The van der Waals surface area contributed by atoms with Crippen molar-refractivity contribution >= 4 is 16.5 Å². The second-order valence-electron chi connectivity index (χ2n) is 5.89. The van der Waals surface area contributed by atoms with Gasteiger partial charge < -0.3 is 10.6 Å². The monoisotopic (exact) mass is 255 g/mol. The minimum absolute atomic E-state index is 0.0691. The van der Waals surface area contributed by atoms with Gasteiger partial charge >= 0.3 is 0 Å². The summed E-state index contributed by atoms with van der Waals surface area (Å²) >= 11 is 1.71. The fourth-order valence-corrected chi connectivity index (χ4v) is 2.77. The quantitative estimate of drug-likeness (QED) is 0.900. The zero-order chi connectivity index (χ0) is 13.4. The maximum atomic E-state index is 5.94. The standard InChI is InChI=1S/C13H25N3S/c1-8(14)11-9(2)15-12(17-11)16(7)10(3)13(4,5)6/h8,10H,14H2,1-7H3. The maximum absolute atomic E-state index is 5.94. The van der Waals surface area contributed by atoms with Gasteiger partial charge in [-0.15, -0.1) is 11.3 Å². The number of aromatic nitrogens is 1. The first-order valence-electron chi connectivity index (χ1n) is 6.10. The normalized spacial score (nSPS) is 15.8. The number of hydrogen-bond acceptors (Lipinski definition) is 4. The van der Waals surface area contributed by atoms with Crippen molar-refractivity contribution in [3.63, 3.8) is 0 Å². The lowest BCUT2D eigenvalue weighted by molar-refractivity contribution is 0.329. The summed E-state index contributed by atoms with van der Waals surface area (Å²) < 4.78 is 0. The van der Waals surface area contributed by atoms with Crippen LogP contribution < -0.4 is 10.6 Å². The number of rotatable bonds is 3. The van der Waals surface area contributed by atoms with Crippen molar-refractivity contribution in [2.75, 3.05) is 11.9 Å². The first-order chi connectivity index (χ1) is 7.64. The van der Waals surface area contributed by atoms with Crippen molar-refractivity contribution in [1.82, 2.24) is 4.98 Å². The topological polar surface area (TPSA) is 42.2 Å². The molecule has 3 nitrogen and oxygen atoms in total. The SMILES string of the molecule is Cc1nc(N(C)C(C)C(C)(C)C)sc1C(C)N. The molecule has 0 bridgehead atoms. The summed E-state index contributed by atoms with van der Waals surface area (Å²) in [6.45, 7) is 13.0. The summed E-state index contributed by atoms with van der Waals surface area (Å²) in [7, 11) is 2.11. The van der Waals surface area contributed by atoms with Crippen LogP contribution >= 0.6 is 11.3 Å². The third-order valence-electron chi connectivity index (χ3n) is 3.37. The number of aryl methyl sites for hydroxylation is 1. The lowest BCUT2D eigenvalue weighted by Crippen LogP contribution is -2.39. The molecule has 0 aliphatic rings. The van der Waals surface area contributed by atoms with Gasteiger partial charge in [-0.3, -0.25) is 0 Å². The fraction of sp³-hybridized carbons (Fsp3) is 0.769. The van der Waals surface area contributed by atoms with Crippen LogP contribution in [0.1, 0.15) is 51.2 Å². The van der Waals surface area contributed by atoms with E-state index in [0.717, 1.165) is 10.8 Å². The van der Waals surface area contributed by atoms with E-state index in [1.807, 2.05) is 13.8 Å². The molecule has 17 heavy (non-hydrogen) atoms. The van der Waals surface area contributed by atoms with Crippen LogP contribution in [0.5, 0.6) is 0 Å². The molecule has 0 amide bonds. The van der Waals surface area contributed by atoms with E-state index in [1.165, 1.54) is 4.88 Å². The highest BCUT2D eigenvalue weighted by atomic mass is 32.1. The first kappa shape index (κ1) is 14.5. The Labute approximate surface area is 109 Å². The Hall–Kier alpha value is -0.610. The van der Waals surface area contributed by atoms with Gasteiger partial charge in [0.1, 0.15) is 0 Å². The molecule has 0 aliphatic carbocycles. The number of anilines is 1. The number of nitrogens with zero attached hydrogens (tertiary/aromatic N) is 2. The van der Waals surface area contributed by atoms with Gasteiger partial charge in [0.25, 0.3) is 0 Å². The lowest BCUT2D eigenvalue weighted by Gasteiger charge is -2.35. The summed E-state index contributed by atoms with van der Waals surface area (Å²) in [4.78, 5) is 8.07. The van der Waals surface area contributed by atoms with Gasteiger partial charge in [-0.05, 0) is 26.2 Å². The van der Waals surface area contributed by atoms with Crippen LogP contribution in [-0.2, 0) is 0 Å². The highest BCUT2D eigenvalue weighted by Crippen LogP contribution is 2.33. The Kier molecular flexibility index (Phi) is 4.20. The second kappa shape index (κ2) is 4.94. The molecule has 0 radical (unpaired) electrons. The Morgan fingerprint density at radius 1 is 1.29 bits per heavy atom. The van der Waals surface area contributed by atoms with Crippen molar-refractivity contribution in [1.29, 1.82) is 0 Å². The van der Waals surface area contributed by atoms with Crippen LogP contribution in [0.25, 0.3) is 0 Å². The molecule has 2 N–H and O–H groups in total. The van der Waals surface area contributed by atoms with Crippen molar-refractivity contribution in [2.24, 2.45) is 11.1 Å². The molecule has 0 aliphatic heterocycles. The molecule has 0 spiro atoms. The molecular formula is C13H25N3S. The summed E-state index contributed by atoms with van der Waals surface area (Å²) in [6.07, 6.45) is 0. The van der Waals surface area contributed by atoms with Crippen LogP contribution in [0.2, 0.25) is 0 Å². The van der Waals surface area contributed by atoms with E-state index < -0.39 is 0 Å². The van der Waals surface area contributed by atoms with Gasteiger partial charge in [0.15, 0.2) is 5.13 Å². The van der Waals surface area contributed by atoms with E-state index in [0.29, 0.717) is 6.04 Å². The van der Waals surface area contributed by atoms with E-state index in [4.69, 9.17) is 5.73 Å². The van der Waals surface area contributed by atoms with Gasteiger partial charge in [-0.1, -0.05) is 20.8 Å². The van der Waals surface area contributed by atoms with E-state index in [1.54, 1.807) is 11.3 Å². The molecular weight excluding hydrogens is 230 g/mol. The van der Waals surface area contributed by atoms with E-state index in [9.17, 15) is 0 Å². The molecule has 0 saturated carbocycles.